The maximum atomic E-state index is 14.0. The zero-order valence-corrected chi connectivity index (χ0v) is 20.2. The van der Waals surface area contributed by atoms with Crippen LogP contribution in [0.2, 0.25) is 0 Å². The number of fused-ring (bicyclic) bond motifs is 5. The average Bonchev–Trinajstić information content (AvgIpc) is 3.13. The van der Waals surface area contributed by atoms with Crippen molar-refractivity contribution >= 4 is 29.0 Å². The summed E-state index contributed by atoms with van der Waals surface area (Å²) in [6.07, 6.45) is 1.99. The van der Waals surface area contributed by atoms with E-state index in [0.717, 1.165) is 27.8 Å². The van der Waals surface area contributed by atoms with Crippen molar-refractivity contribution in [2.45, 2.75) is 19.8 Å². The number of ether oxygens (including phenoxy) is 2. The number of hydrogen-bond donors (Lipinski definition) is 0. The fraction of sp³-hybridized carbons (Fsp3) is 0.233. The first-order chi connectivity index (χ1) is 17.4. The highest BCUT2D eigenvalue weighted by molar-refractivity contribution is 6.24. The van der Waals surface area contributed by atoms with Gasteiger partial charge >= 0.3 is 5.97 Å². The molecular formula is C30H25NO5. The fourth-order valence-corrected chi connectivity index (χ4v) is 5.87. The summed E-state index contributed by atoms with van der Waals surface area (Å²) in [5, 5.41) is 0. The number of esters is 1. The topological polar surface area (TPSA) is 72.9 Å². The number of amides is 2. The standard InChI is InChI=1S/C30H25NO5/c1-16-8-13-20-22-15-21(18-9-11-19(35-3)12-10-18)25-27(26(22)30(34)36-24(20)14-16)29(33)31(28(25)32)23-7-5-4-6-17(23)2/h4-15,21,25-27H,1-3H3/t21-,25+,26-,27-/m0/s1. The number of carbonyl (C=O) groups is 3. The van der Waals surface area contributed by atoms with Gasteiger partial charge in [-0.1, -0.05) is 48.5 Å². The molecule has 6 nitrogen and oxygen atoms in total. The summed E-state index contributed by atoms with van der Waals surface area (Å²) < 4.78 is 11.1. The van der Waals surface area contributed by atoms with Crippen LogP contribution in [0.1, 0.15) is 28.2 Å². The number of benzene rings is 3. The van der Waals surface area contributed by atoms with Gasteiger partial charge in [-0.05, 0) is 60.4 Å². The summed E-state index contributed by atoms with van der Waals surface area (Å²) in [7, 11) is 1.60. The van der Waals surface area contributed by atoms with E-state index in [1.54, 1.807) is 13.2 Å². The molecule has 3 aliphatic rings. The molecule has 0 aromatic heterocycles. The van der Waals surface area contributed by atoms with E-state index in [0.29, 0.717) is 17.2 Å². The second-order valence-corrected chi connectivity index (χ2v) is 9.67. The van der Waals surface area contributed by atoms with Gasteiger partial charge < -0.3 is 9.47 Å². The molecule has 0 saturated carbocycles. The SMILES string of the molecule is COc1ccc([C@@H]2C=C3c4ccc(C)cc4OC(=O)[C@@H]3[C@H]3C(=O)N(c4ccccc4C)C(=O)[C@@H]32)cc1. The van der Waals surface area contributed by atoms with E-state index >= 15 is 0 Å². The van der Waals surface area contributed by atoms with E-state index in [4.69, 9.17) is 9.47 Å². The Morgan fingerprint density at radius 2 is 1.58 bits per heavy atom. The molecule has 2 heterocycles. The van der Waals surface area contributed by atoms with Crippen LogP contribution in [-0.4, -0.2) is 24.9 Å². The van der Waals surface area contributed by atoms with Gasteiger partial charge in [0.05, 0.1) is 30.6 Å². The number of carbonyl (C=O) groups excluding carboxylic acids is 3. The smallest absolute Gasteiger partial charge is 0.319 e. The number of imide groups is 1. The maximum absolute atomic E-state index is 14.0. The highest BCUT2D eigenvalue weighted by Gasteiger charge is 2.60. The zero-order valence-electron chi connectivity index (χ0n) is 20.2. The molecule has 0 unspecified atom stereocenters. The third-order valence-electron chi connectivity index (χ3n) is 7.61. The van der Waals surface area contributed by atoms with Crippen LogP contribution in [0.4, 0.5) is 5.69 Å². The molecule has 2 amide bonds. The lowest BCUT2D eigenvalue weighted by Crippen LogP contribution is -2.42. The van der Waals surface area contributed by atoms with Crippen LogP contribution in [0, 0.1) is 31.6 Å². The highest BCUT2D eigenvalue weighted by atomic mass is 16.5. The molecule has 3 aromatic carbocycles. The van der Waals surface area contributed by atoms with E-state index in [1.165, 1.54) is 4.90 Å². The van der Waals surface area contributed by atoms with E-state index < -0.39 is 29.6 Å². The molecule has 2 aliphatic heterocycles. The first-order valence-corrected chi connectivity index (χ1v) is 12.0. The quantitative estimate of drug-likeness (QED) is 0.306. The van der Waals surface area contributed by atoms with E-state index in [-0.39, 0.29) is 11.8 Å². The summed E-state index contributed by atoms with van der Waals surface area (Å²) in [6.45, 7) is 3.81. The van der Waals surface area contributed by atoms with Crippen LogP contribution in [0.25, 0.3) is 5.57 Å². The first-order valence-electron chi connectivity index (χ1n) is 12.0. The minimum Gasteiger partial charge on any atom is -0.497 e. The molecule has 1 fully saturated rings. The summed E-state index contributed by atoms with van der Waals surface area (Å²) in [6, 6.07) is 20.6. The summed E-state index contributed by atoms with van der Waals surface area (Å²) in [5.74, 6) is -2.77. The van der Waals surface area contributed by atoms with Crippen LogP contribution in [0.5, 0.6) is 11.5 Å². The van der Waals surface area contributed by atoms with Crippen molar-refractivity contribution in [3.63, 3.8) is 0 Å². The Kier molecular flexibility index (Phi) is 5.07. The van der Waals surface area contributed by atoms with Gasteiger partial charge in [-0.25, -0.2) is 4.90 Å². The Balaban J connectivity index is 1.55. The van der Waals surface area contributed by atoms with Crippen molar-refractivity contribution in [2.75, 3.05) is 12.0 Å². The summed E-state index contributed by atoms with van der Waals surface area (Å²) in [5.41, 5.74) is 4.76. The van der Waals surface area contributed by atoms with Crippen LogP contribution in [0.3, 0.4) is 0 Å². The van der Waals surface area contributed by atoms with Crippen molar-refractivity contribution < 1.29 is 23.9 Å². The Morgan fingerprint density at radius 1 is 0.861 bits per heavy atom. The average molecular weight is 480 g/mol. The molecule has 0 N–H and O–H groups in total. The van der Waals surface area contributed by atoms with Gasteiger partial charge in [-0.2, -0.15) is 0 Å². The minimum atomic E-state index is -0.855. The van der Waals surface area contributed by atoms with Crippen molar-refractivity contribution in [3.05, 3.63) is 95.1 Å². The number of nitrogens with zero attached hydrogens (tertiary/aromatic N) is 1. The number of hydrogen-bond acceptors (Lipinski definition) is 5. The highest BCUT2D eigenvalue weighted by Crippen LogP contribution is 2.55. The number of anilines is 1. The van der Waals surface area contributed by atoms with Crippen molar-refractivity contribution in [1.82, 2.24) is 0 Å². The van der Waals surface area contributed by atoms with E-state index in [2.05, 4.69) is 0 Å². The number of para-hydroxylation sites is 1. The number of allylic oxidation sites excluding steroid dienone is 1. The van der Waals surface area contributed by atoms with Gasteiger partial charge in [0.1, 0.15) is 11.5 Å². The Bertz CT molecular complexity index is 1450. The number of aryl methyl sites for hydroxylation is 2. The Labute approximate surface area is 209 Å². The second-order valence-electron chi connectivity index (χ2n) is 9.67. The molecule has 0 spiro atoms. The van der Waals surface area contributed by atoms with Gasteiger partial charge in [-0.15, -0.1) is 0 Å². The van der Waals surface area contributed by atoms with Gasteiger partial charge in [0.2, 0.25) is 11.8 Å². The minimum absolute atomic E-state index is 0.294. The molecule has 4 atom stereocenters. The van der Waals surface area contributed by atoms with Crippen molar-refractivity contribution in [2.24, 2.45) is 17.8 Å². The van der Waals surface area contributed by atoms with Gasteiger partial charge in [0.15, 0.2) is 0 Å². The predicted molar refractivity (Wildman–Crippen MR) is 135 cm³/mol. The van der Waals surface area contributed by atoms with Gasteiger partial charge in [-0.3, -0.25) is 14.4 Å². The zero-order chi connectivity index (χ0) is 25.1. The monoisotopic (exact) mass is 479 g/mol. The molecule has 1 aliphatic carbocycles. The molecule has 3 aromatic rings. The van der Waals surface area contributed by atoms with Crippen LogP contribution in [-0.2, 0) is 14.4 Å². The molecule has 6 rings (SSSR count). The summed E-state index contributed by atoms with van der Waals surface area (Å²) >= 11 is 0. The Morgan fingerprint density at radius 3 is 2.31 bits per heavy atom. The lowest BCUT2D eigenvalue weighted by atomic mass is 9.64. The van der Waals surface area contributed by atoms with Crippen LogP contribution >= 0.6 is 0 Å². The number of methoxy groups -OCH3 is 1. The molecule has 0 bridgehead atoms. The normalized spacial score (nSPS) is 24.5. The third-order valence-corrected chi connectivity index (χ3v) is 7.61. The van der Waals surface area contributed by atoms with E-state index in [9.17, 15) is 14.4 Å². The second kappa shape index (κ2) is 8.19. The lowest BCUT2D eigenvalue weighted by molar-refractivity contribution is -0.142. The molecule has 0 radical (unpaired) electrons. The Hall–Kier alpha value is -4.19. The predicted octanol–water partition coefficient (Wildman–Crippen LogP) is 4.83. The van der Waals surface area contributed by atoms with Gasteiger partial charge in [0.25, 0.3) is 0 Å². The van der Waals surface area contributed by atoms with Crippen molar-refractivity contribution in [3.8, 4) is 11.5 Å². The maximum Gasteiger partial charge on any atom is 0.319 e. The molecule has 180 valence electrons. The summed E-state index contributed by atoms with van der Waals surface area (Å²) in [4.78, 5) is 42.6. The van der Waals surface area contributed by atoms with Gasteiger partial charge in [0, 0.05) is 11.5 Å². The third kappa shape index (κ3) is 3.21. The van der Waals surface area contributed by atoms with Crippen molar-refractivity contribution in [1.29, 1.82) is 0 Å². The van der Waals surface area contributed by atoms with Crippen LogP contribution in [0.15, 0.2) is 72.8 Å². The molecular weight excluding hydrogens is 454 g/mol. The first kappa shape index (κ1) is 22.3. The van der Waals surface area contributed by atoms with E-state index in [1.807, 2.05) is 80.6 Å². The molecule has 36 heavy (non-hydrogen) atoms. The largest absolute Gasteiger partial charge is 0.497 e. The molecule has 1 saturated heterocycles. The lowest BCUT2D eigenvalue weighted by Gasteiger charge is -2.38. The van der Waals surface area contributed by atoms with Crippen LogP contribution < -0.4 is 14.4 Å². The molecule has 6 heteroatoms. The number of rotatable bonds is 3. The fourth-order valence-electron chi connectivity index (χ4n) is 5.87.